The van der Waals surface area contributed by atoms with Gasteiger partial charge in [0.15, 0.2) is 11.5 Å². The molecule has 0 spiro atoms. The zero-order chi connectivity index (χ0) is 13.2. The number of hydrogen-bond donors (Lipinski definition) is 2. The Hall–Kier alpha value is -2.47. The number of anilines is 1. The molecule has 2 aromatic heterocycles. The van der Waals surface area contributed by atoms with Crippen molar-refractivity contribution >= 4 is 17.0 Å². The van der Waals surface area contributed by atoms with Crippen molar-refractivity contribution in [1.29, 1.82) is 0 Å². The van der Waals surface area contributed by atoms with Crippen LogP contribution in [0.4, 0.5) is 5.82 Å². The molecule has 0 aliphatic rings. The number of hydrogen-bond acceptors (Lipinski definition) is 5. The van der Waals surface area contributed by atoms with E-state index < -0.39 is 0 Å². The van der Waals surface area contributed by atoms with Gasteiger partial charge in [-0.05, 0) is 11.1 Å². The van der Waals surface area contributed by atoms with Crippen molar-refractivity contribution in [1.82, 2.24) is 19.5 Å². The summed E-state index contributed by atoms with van der Waals surface area (Å²) < 4.78 is 1.95. The highest BCUT2D eigenvalue weighted by molar-refractivity contribution is 5.81. The average molecular weight is 254 g/mol. The summed E-state index contributed by atoms with van der Waals surface area (Å²) in [5, 5.41) is 0. The first kappa shape index (κ1) is 11.6. The standard InChI is InChI=1S/C13H14N6/c14-5-9-3-1-2-4-10(9)6-19-8-18-11-12(15)16-7-17-13(11)19/h1-4,7-8H,5-6,14H2,(H2,15,16,17). The van der Waals surface area contributed by atoms with E-state index in [1.807, 2.05) is 22.8 Å². The largest absolute Gasteiger partial charge is 0.382 e. The van der Waals surface area contributed by atoms with Crippen molar-refractivity contribution in [3.8, 4) is 0 Å². The zero-order valence-electron chi connectivity index (χ0n) is 10.3. The molecule has 4 N–H and O–H groups in total. The van der Waals surface area contributed by atoms with Crippen LogP contribution in [-0.2, 0) is 13.1 Å². The molecule has 0 saturated heterocycles. The number of nitrogens with two attached hydrogens (primary N) is 2. The Kier molecular flexibility index (Phi) is 2.85. The molecule has 2 heterocycles. The molecule has 6 nitrogen and oxygen atoms in total. The van der Waals surface area contributed by atoms with Gasteiger partial charge in [-0.25, -0.2) is 15.0 Å². The average Bonchev–Trinajstić information content (AvgIpc) is 2.84. The molecule has 0 aliphatic heterocycles. The molecule has 6 heteroatoms. The molecule has 0 atom stereocenters. The highest BCUT2D eigenvalue weighted by Crippen LogP contribution is 2.17. The van der Waals surface area contributed by atoms with Gasteiger partial charge in [-0.15, -0.1) is 0 Å². The lowest BCUT2D eigenvalue weighted by Gasteiger charge is -2.08. The molecular weight excluding hydrogens is 240 g/mol. The Balaban J connectivity index is 2.04. The Labute approximate surface area is 110 Å². The van der Waals surface area contributed by atoms with E-state index in [9.17, 15) is 0 Å². The SMILES string of the molecule is NCc1ccccc1Cn1cnc2c(N)ncnc21. The van der Waals surface area contributed by atoms with Crippen molar-refractivity contribution in [3.05, 3.63) is 48.0 Å². The number of aromatic nitrogens is 4. The van der Waals surface area contributed by atoms with Crippen LogP contribution in [-0.4, -0.2) is 19.5 Å². The predicted octanol–water partition coefficient (Wildman–Crippen LogP) is 0.915. The molecule has 0 amide bonds. The maximum Gasteiger partial charge on any atom is 0.165 e. The molecule has 0 saturated carbocycles. The molecule has 0 bridgehead atoms. The van der Waals surface area contributed by atoms with Gasteiger partial charge in [0.05, 0.1) is 12.9 Å². The second-order valence-electron chi connectivity index (χ2n) is 4.28. The third-order valence-electron chi connectivity index (χ3n) is 3.11. The number of benzene rings is 1. The number of fused-ring (bicyclic) bond motifs is 1. The van der Waals surface area contributed by atoms with Gasteiger partial charge in [-0.3, -0.25) is 0 Å². The minimum atomic E-state index is 0.399. The molecule has 0 aliphatic carbocycles. The monoisotopic (exact) mass is 254 g/mol. The zero-order valence-corrected chi connectivity index (χ0v) is 10.3. The van der Waals surface area contributed by atoms with Gasteiger partial charge in [0.2, 0.25) is 0 Å². The molecule has 0 unspecified atom stereocenters. The first-order valence-electron chi connectivity index (χ1n) is 5.97. The summed E-state index contributed by atoms with van der Waals surface area (Å²) >= 11 is 0. The van der Waals surface area contributed by atoms with E-state index in [0.717, 1.165) is 16.8 Å². The topological polar surface area (TPSA) is 95.6 Å². The van der Waals surface area contributed by atoms with E-state index in [2.05, 4.69) is 21.0 Å². The van der Waals surface area contributed by atoms with E-state index >= 15 is 0 Å². The van der Waals surface area contributed by atoms with E-state index in [0.29, 0.717) is 24.4 Å². The van der Waals surface area contributed by atoms with Crippen LogP contribution in [0.1, 0.15) is 11.1 Å². The van der Waals surface area contributed by atoms with Crippen molar-refractivity contribution in [2.45, 2.75) is 13.1 Å². The second kappa shape index (κ2) is 4.66. The summed E-state index contributed by atoms with van der Waals surface area (Å²) in [5.41, 5.74) is 15.2. The van der Waals surface area contributed by atoms with Gasteiger partial charge in [0.25, 0.3) is 0 Å². The lowest BCUT2D eigenvalue weighted by molar-refractivity contribution is 0.799. The van der Waals surface area contributed by atoms with E-state index in [1.54, 1.807) is 6.33 Å². The first-order chi connectivity index (χ1) is 9.29. The molecule has 19 heavy (non-hydrogen) atoms. The van der Waals surface area contributed by atoms with E-state index in [-0.39, 0.29) is 0 Å². The summed E-state index contributed by atoms with van der Waals surface area (Å²) in [6.45, 7) is 1.18. The van der Waals surface area contributed by atoms with Gasteiger partial charge in [-0.2, -0.15) is 0 Å². The normalized spacial score (nSPS) is 11.0. The van der Waals surface area contributed by atoms with Crippen molar-refractivity contribution in [2.24, 2.45) is 5.73 Å². The minimum Gasteiger partial charge on any atom is -0.382 e. The quantitative estimate of drug-likeness (QED) is 0.724. The maximum atomic E-state index is 5.77. The van der Waals surface area contributed by atoms with Crippen molar-refractivity contribution in [3.63, 3.8) is 0 Å². The fraction of sp³-hybridized carbons (Fsp3) is 0.154. The van der Waals surface area contributed by atoms with Crippen LogP contribution in [0.3, 0.4) is 0 Å². The van der Waals surface area contributed by atoms with Crippen LogP contribution in [0.15, 0.2) is 36.9 Å². The molecular formula is C13H14N6. The Bertz CT molecular complexity index is 718. The fourth-order valence-electron chi connectivity index (χ4n) is 2.11. The highest BCUT2D eigenvalue weighted by Gasteiger charge is 2.09. The molecule has 3 aromatic rings. The summed E-state index contributed by atoms with van der Waals surface area (Å²) in [6.07, 6.45) is 3.17. The predicted molar refractivity (Wildman–Crippen MR) is 73.2 cm³/mol. The number of nitrogen functional groups attached to an aromatic ring is 1. The van der Waals surface area contributed by atoms with E-state index in [4.69, 9.17) is 11.5 Å². The molecule has 96 valence electrons. The summed E-state index contributed by atoms with van der Waals surface area (Å²) in [5.74, 6) is 0.399. The van der Waals surface area contributed by atoms with Gasteiger partial charge >= 0.3 is 0 Å². The van der Waals surface area contributed by atoms with Crippen LogP contribution in [0.5, 0.6) is 0 Å². The molecule has 1 aromatic carbocycles. The van der Waals surface area contributed by atoms with Crippen molar-refractivity contribution in [2.75, 3.05) is 5.73 Å². The number of imidazole rings is 1. The Morgan fingerprint density at radius 3 is 2.63 bits per heavy atom. The van der Waals surface area contributed by atoms with E-state index in [1.165, 1.54) is 6.33 Å². The molecule has 0 fully saturated rings. The van der Waals surface area contributed by atoms with Gasteiger partial charge in [-0.1, -0.05) is 24.3 Å². The van der Waals surface area contributed by atoms with Crippen LogP contribution >= 0.6 is 0 Å². The third-order valence-corrected chi connectivity index (χ3v) is 3.11. The minimum absolute atomic E-state index is 0.399. The number of rotatable bonds is 3. The van der Waals surface area contributed by atoms with Crippen LogP contribution < -0.4 is 11.5 Å². The lowest BCUT2D eigenvalue weighted by Crippen LogP contribution is -2.06. The second-order valence-corrected chi connectivity index (χ2v) is 4.28. The third kappa shape index (κ3) is 2.02. The smallest absolute Gasteiger partial charge is 0.165 e. The van der Waals surface area contributed by atoms with Crippen LogP contribution in [0, 0.1) is 0 Å². The fourth-order valence-corrected chi connectivity index (χ4v) is 2.11. The van der Waals surface area contributed by atoms with Gasteiger partial charge in [0.1, 0.15) is 11.8 Å². The number of nitrogens with zero attached hydrogens (tertiary/aromatic N) is 4. The summed E-state index contributed by atoms with van der Waals surface area (Å²) in [4.78, 5) is 12.4. The molecule has 3 rings (SSSR count). The highest BCUT2D eigenvalue weighted by atomic mass is 15.1. The van der Waals surface area contributed by atoms with Gasteiger partial charge < -0.3 is 16.0 Å². The molecule has 0 radical (unpaired) electrons. The first-order valence-corrected chi connectivity index (χ1v) is 5.97. The van der Waals surface area contributed by atoms with Crippen LogP contribution in [0.25, 0.3) is 11.2 Å². The Morgan fingerprint density at radius 2 is 1.84 bits per heavy atom. The summed E-state index contributed by atoms with van der Waals surface area (Å²) in [7, 11) is 0. The van der Waals surface area contributed by atoms with Crippen molar-refractivity contribution < 1.29 is 0 Å². The maximum absolute atomic E-state index is 5.77. The lowest BCUT2D eigenvalue weighted by atomic mass is 10.1. The van der Waals surface area contributed by atoms with Gasteiger partial charge in [0, 0.05) is 6.54 Å². The summed E-state index contributed by atoms with van der Waals surface area (Å²) in [6, 6.07) is 8.06. The van der Waals surface area contributed by atoms with Crippen LogP contribution in [0.2, 0.25) is 0 Å². The Morgan fingerprint density at radius 1 is 1.05 bits per heavy atom.